The standard InChI is InChI=1S/C23H24FN3O2/c1-3-5-21-14-25-22(27(21)15-17-8-10-19(24)11-9-17)7-4-6-20-13-18(23(28)29)12-16(2)26-20/h3,5,8-14H,4,6-7,15H2,1-2H3,(H,28,29)/b5-3+. The summed E-state index contributed by atoms with van der Waals surface area (Å²) in [5.41, 5.74) is 3.73. The van der Waals surface area contributed by atoms with Crippen LogP contribution in [0.15, 0.2) is 48.7 Å². The zero-order chi connectivity index (χ0) is 20.8. The van der Waals surface area contributed by atoms with Crippen LogP contribution in [0.1, 0.15) is 52.2 Å². The summed E-state index contributed by atoms with van der Waals surface area (Å²) in [4.78, 5) is 20.2. The molecule has 3 aromatic rings. The molecule has 29 heavy (non-hydrogen) atoms. The zero-order valence-corrected chi connectivity index (χ0v) is 16.6. The predicted molar refractivity (Wildman–Crippen MR) is 110 cm³/mol. The molecule has 2 aromatic heterocycles. The number of carbonyl (C=O) groups is 1. The maximum Gasteiger partial charge on any atom is 0.335 e. The Morgan fingerprint density at radius 1 is 1.21 bits per heavy atom. The number of hydrogen-bond acceptors (Lipinski definition) is 3. The Bertz CT molecular complexity index is 1020. The lowest BCUT2D eigenvalue weighted by Crippen LogP contribution is -2.08. The minimum absolute atomic E-state index is 0.250. The lowest BCUT2D eigenvalue weighted by Gasteiger charge is -2.11. The van der Waals surface area contributed by atoms with Crippen molar-refractivity contribution in [3.63, 3.8) is 0 Å². The fraction of sp³-hybridized carbons (Fsp3) is 0.261. The van der Waals surface area contributed by atoms with Gasteiger partial charge in [0.25, 0.3) is 0 Å². The summed E-state index contributed by atoms with van der Waals surface area (Å²) in [6.45, 7) is 4.37. The highest BCUT2D eigenvalue weighted by Gasteiger charge is 2.11. The number of nitrogens with zero attached hydrogens (tertiary/aromatic N) is 3. The van der Waals surface area contributed by atoms with Crippen molar-refractivity contribution >= 4 is 12.0 Å². The highest BCUT2D eigenvalue weighted by atomic mass is 19.1. The Hall–Kier alpha value is -3.28. The average molecular weight is 393 g/mol. The molecule has 1 N–H and O–H groups in total. The fourth-order valence-corrected chi connectivity index (χ4v) is 3.30. The van der Waals surface area contributed by atoms with Crippen molar-refractivity contribution < 1.29 is 14.3 Å². The first-order valence-corrected chi connectivity index (χ1v) is 9.58. The molecule has 0 aliphatic heterocycles. The summed E-state index contributed by atoms with van der Waals surface area (Å²) in [7, 11) is 0. The second kappa shape index (κ2) is 9.28. The Morgan fingerprint density at radius 3 is 2.66 bits per heavy atom. The third kappa shape index (κ3) is 5.38. The summed E-state index contributed by atoms with van der Waals surface area (Å²) in [5.74, 6) is -0.254. The number of imidazole rings is 1. The molecular formula is C23H24FN3O2. The molecule has 0 aliphatic carbocycles. The van der Waals surface area contributed by atoms with Crippen molar-refractivity contribution in [3.05, 3.63) is 88.5 Å². The molecule has 0 radical (unpaired) electrons. The maximum atomic E-state index is 13.2. The van der Waals surface area contributed by atoms with Crippen molar-refractivity contribution in [2.75, 3.05) is 0 Å². The minimum atomic E-state index is -0.942. The third-order valence-electron chi connectivity index (χ3n) is 4.65. The highest BCUT2D eigenvalue weighted by molar-refractivity contribution is 5.87. The van der Waals surface area contributed by atoms with Crippen molar-refractivity contribution in [2.45, 2.75) is 39.7 Å². The summed E-state index contributed by atoms with van der Waals surface area (Å²) >= 11 is 0. The molecule has 1 aromatic carbocycles. The summed E-state index contributed by atoms with van der Waals surface area (Å²) in [6.07, 6.45) is 8.01. The van der Waals surface area contributed by atoms with Crippen LogP contribution in [0.25, 0.3) is 6.08 Å². The van der Waals surface area contributed by atoms with Gasteiger partial charge in [-0.25, -0.2) is 14.2 Å². The van der Waals surface area contributed by atoms with E-state index in [2.05, 4.69) is 14.5 Å². The van der Waals surface area contributed by atoms with Crippen LogP contribution in [0.4, 0.5) is 4.39 Å². The molecule has 0 atom stereocenters. The zero-order valence-electron chi connectivity index (χ0n) is 16.6. The van der Waals surface area contributed by atoms with Gasteiger partial charge in [0.15, 0.2) is 0 Å². The van der Waals surface area contributed by atoms with Gasteiger partial charge in [-0.1, -0.05) is 18.2 Å². The lowest BCUT2D eigenvalue weighted by atomic mass is 10.1. The van der Waals surface area contributed by atoms with Gasteiger partial charge in [-0.15, -0.1) is 0 Å². The van der Waals surface area contributed by atoms with E-state index in [1.165, 1.54) is 12.1 Å². The van der Waals surface area contributed by atoms with E-state index in [0.29, 0.717) is 18.7 Å². The van der Waals surface area contributed by atoms with Crippen molar-refractivity contribution in [1.29, 1.82) is 0 Å². The number of rotatable bonds is 8. The van der Waals surface area contributed by atoms with E-state index in [1.54, 1.807) is 31.2 Å². The number of halogens is 1. The number of hydrogen-bond donors (Lipinski definition) is 1. The van der Waals surface area contributed by atoms with E-state index in [4.69, 9.17) is 0 Å². The number of carboxylic acids is 1. The Kier molecular flexibility index (Phi) is 6.54. The normalized spacial score (nSPS) is 11.3. The average Bonchev–Trinajstić information content (AvgIpc) is 3.05. The largest absolute Gasteiger partial charge is 0.478 e. The molecule has 150 valence electrons. The number of benzene rings is 1. The smallest absolute Gasteiger partial charge is 0.335 e. The molecule has 6 heteroatoms. The first-order chi connectivity index (χ1) is 14.0. The number of aryl methyl sites for hydroxylation is 3. The fourth-order valence-electron chi connectivity index (χ4n) is 3.30. The van der Waals surface area contributed by atoms with Gasteiger partial charge in [-0.2, -0.15) is 0 Å². The molecule has 0 bridgehead atoms. The number of aromatic carboxylic acids is 1. The monoisotopic (exact) mass is 393 g/mol. The molecule has 0 aliphatic rings. The van der Waals surface area contributed by atoms with Crippen LogP contribution < -0.4 is 0 Å². The molecule has 5 nitrogen and oxygen atoms in total. The molecule has 0 fully saturated rings. The van der Waals surface area contributed by atoms with Crippen LogP contribution in [-0.4, -0.2) is 25.6 Å². The quantitative estimate of drug-likeness (QED) is 0.603. The molecule has 0 saturated heterocycles. The number of aromatic nitrogens is 3. The van der Waals surface area contributed by atoms with E-state index in [1.807, 2.05) is 25.3 Å². The lowest BCUT2D eigenvalue weighted by molar-refractivity contribution is 0.0696. The number of pyridine rings is 1. The van der Waals surface area contributed by atoms with Gasteiger partial charge >= 0.3 is 5.97 Å². The second-order valence-electron chi connectivity index (χ2n) is 6.96. The first kappa shape index (κ1) is 20.5. The molecule has 2 heterocycles. The highest BCUT2D eigenvalue weighted by Crippen LogP contribution is 2.15. The van der Waals surface area contributed by atoms with Crippen LogP contribution >= 0.6 is 0 Å². The van der Waals surface area contributed by atoms with Gasteiger partial charge < -0.3 is 9.67 Å². The number of carboxylic acid groups (broad SMARTS) is 1. The van der Waals surface area contributed by atoms with Gasteiger partial charge in [0.1, 0.15) is 11.6 Å². The van der Waals surface area contributed by atoms with Crippen molar-refractivity contribution in [1.82, 2.24) is 14.5 Å². The second-order valence-corrected chi connectivity index (χ2v) is 6.96. The minimum Gasteiger partial charge on any atom is -0.478 e. The Balaban J connectivity index is 1.74. The molecule has 0 amide bonds. The van der Waals surface area contributed by atoms with E-state index in [-0.39, 0.29) is 11.4 Å². The Labute approximate surface area is 169 Å². The van der Waals surface area contributed by atoms with Crippen molar-refractivity contribution in [2.24, 2.45) is 0 Å². The third-order valence-corrected chi connectivity index (χ3v) is 4.65. The van der Waals surface area contributed by atoms with Gasteiger partial charge in [-0.3, -0.25) is 4.98 Å². The van der Waals surface area contributed by atoms with Crippen LogP contribution in [0, 0.1) is 12.7 Å². The molecule has 0 unspecified atom stereocenters. The van der Waals surface area contributed by atoms with Crippen LogP contribution in [-0.2, 0) is 19.4 Å². The van der Waals surface area contributed by atoms with Gasteiger partial charge in [0.05, 0.1) is 17.5 Å². The maximum absolute atomic E-state index is 13.2. The molecular weight excluding hydrogens is 369 g/mol. The van der Waals surface area contributed by atoms with Gasteiger partial charge in [0.2, 0.25) is 0 Å². The topological polar surface area (TPSA) is 68.0 Å². The van der Waals surface area contributed by atoms with Gasteiger partial charge in [0, 0.05) is 24.4 Å². The van der Waals surface area contributed by atoms with E-state index < -0.39 is 5.97 Å². The van der Waals surface area contributed by atoms with E-state index in [9.17, 15) is 14.3 Å². The summed E-state index contributed by atoms with van der Waals surface area (Å²) in [5, 5.41) is 9.21. The van der Waals surface area contributed by atoms with E-state index >= 15 is 0 Å². The SMILES string of the molecule is C/C=C/c1cnc(CCCc2cc(C(=O)O)cc(C)n2)n1Cc1ccc(F)cc1. The van der Waals surface area contributed by atoms with E-state index in [0.717, 1.165) is 35.6 Å². The van der Waals surface area contributed by atoms with Crippen LogP contribution in [0.2, 0.25) is 0 Å². The molecule has 0 saturated carbocycles. The van der Waals surface area contributed by atoms with Crippen molar-refractivity contribution in [3.8, 4) is 0 Å². The van der Waals surface area contributed by atoms with Crippen LogP contribution in [0.3, 0.4) is 0 Å². The molecule has 3 rings (SSSR count). The molecule has 0 spiro atoms. The summed E-state index contributed by atoms with van der Waals surface area (Å²) < 4.78 is 15.3. The Morgan fingerprint density at radius 2 is 1.97 bits per heavy atom. The number of allylic oxidation sites excluding steroid dienone is 1. The first-order valence-electron chi connectivity index (χ1n) is 9.58. The van der Waals surface area contributed by atoms with Gasteiger partial charge in [-0.05, 0) is 62.6 Å². The summed E-state index contributed by atoms with van der Waals surface area (Å²) in [6, 6.07) is 9.69. The predicted octanol–water partition coefficient (Wildman–Crippen LogP) is 4.68. The van der Waals surface area contributed by atoms with Crippen LogP contribution in [0.5, 0.6) is 0 Å².